The first-order valence-electron chi connectivity index (χ1n) is 11.4. The van der Waals surface area contributed by atoms with Crippen molar-refractivity contribution < 1.29 is 28.8 Å². The predicted molar refractivity (Wildman–Crippen MR) is 139 cm³/mol. The fourth-order valence-electron chi connectivity index (χ4n) is 3.81. The Morgan fingerprint density at radius 2 is 1.71 bits per heavy atom. The molecule has 0 unspecified atom stereocenters. The minimum Gasteiger partial charge on any atom is -0.478 e. The zero-order valence-corrected chi connectivity index (χ0v) is 20.3. The molecule has 0 radical (unpaired) electrons. The summed E-state index contributed by atoms with van der Waals surface area (Å²) >= 11 is 0. The predicted octanol–water partition coefficient (Wildman–Crippen LogP) is 4.62. The molecular weight excluding hydrogens is 490 g/mol. The van der Waals surface area contributed by atoms with Crippen LogP contribution in [-0.2, 0) is 9.59 Å². The fraction of sp³-hybridized carbons (Fsp3) is 0.111. The average Bonchev–Trinajstić information content (AvgIpc) is 3.31. The van der Waals surface area contributed by atoms with Gasteiger partial charge in [-0.25, -0.2) is 4.79 Å². The second kappa shape index (κ2) is 10.6. The summed E-state index contributed by atoms with van der Waals surface area (Å²) in [4.78, 5) is 48.9. The van der Waals surface area contributed by atoms with Crippen LogP contribution in [0.1, 0.15) is 46.7 Å². The summed E-state index contributed by atoms with van der Waals surface area (Å²) < 4.78 is 5.37. The van der Waals surface area contributed by atoms with Crippen LogP contribution in [0.4, 0.5) is 17.1 Å². The molecule has 0 saturated carbocycles. The summed E-state index contributed by atoms with van der Waals surface area (Å²) in [6.07, 6.45) is 0.214. The van der Waals surface area contributed by atoms with Crippen molar-refractivity contribution in [3.8, 4) is 17.2 Å². The lowest BCUT2D eigenvalue weighted by Gasteiger charge is -2.15. The first kappa shape index (κ1) is 25.6. The highest BCUT2D eigenvalue weighted by molar-refractivity contribution is 6.14. The first-order chi connectivity index (χ1) is 18.2. The summed E-state index contributed by atoms with van der Waals surface area (Å²) in [6, 6.07) is 15.8. The summed E-state index contributed by atoms with van der Waals surface area (Å²) in [5.74, 6) is -2.63. The molecule has 3 amide bonds. The number of aromatic nitrogens is 1. The van der Waals surface area contributed by atoms with Gasteiger partial charge in [0, 0.05) is 36.2 Å². The maximum Gasteiger partial charge on any atom is 0.337 e. The van der Waals surface area contributed by atoms with Crippen LogP contribution in [0.15, 0.2) is 59.1 Å². The maximum absolute atomic E-state index is 13.2. The van der Waals surface area contributed by atoms with Crippen LogP contribution < -0.4 is 16.0 Å². The van der Waals surface area contributed by atoms with Gasteiger partial charge in [0.2, 0.25) is 11.8 Å². The Bertz CT molecular complexity index is 1650. The molecule has 4 N–H and O–H groups in total. The van der Waals surface area contributed by atoms with Crippen LogP contribution in [0, 0.1) is 11.3 Å². The highest BCUT2D eigenvalue weighted by Crippen LogP contribution is 2.38. The highest BCUT2D eigenvalue weighted by Gasteiger charge is 2.23. The van der Waals surface area contributed by atoms with Gasteiger partial charge in [-0.15, -0.1) is 0 Å². The van der Waals surface area contributed by atoms with E-state index in [0.717, 1.165) is 6.07 Å². The number of hydrogen-bond donors (Lipinski definition) is 4. The maximum atomic E-state index is 13.2. The molecule has 1 heterocycles. The third-order valence-corrected chi connectivity index (χ3v) is 5.58. The summed E-state index contributed by atoms with van der Waals surface area (Å²) in [5.41, 5.74) is 1.82. The lowest BCUT2D eigenvalue weighted by Crippen LogP contribution is -2.16. The number of nitrogens with zero attached hydrogens (tertiary/aromatic N) is 2. The smallest absolute Gasteiger partial charge is 0.337 e. The fourth-order valence-corrected chi connectivity index (χ4v) is 3.81. The zero-order valence-electron chi connectivity index (χ0n) is 20.3. The molecule has 3 aromatic carbocycles. The normalized spacial score (nSPS) is 10.4. The van der Waals surface area contributed by atoms with E-state index in [9.17, 15) is 24.3 Å². The van der Waals surface area contributed by atoms with Crippen molar-refractivity contribution in [3.05, 3.63) is 71.4 Å². The number of hydrogen-bond acceptors (Lipinski definition) is 7. The number of benzene rings is 3. The Kier molecular flexibility index (Phi) is 7.16. The number of carbonyl (C=O) groups is 4. The molecule has 0 bridgehead atoms. The second-order valence-electron chi connectivity index (χ2n) is 8.19. The minimum atomic E-state index is -1.32. The summed E-state index contributed by atoms with van der Waals surface area (Å²) in [5, 5.41) is 30.8. The van der Waals surface area contributed by atoms with Crippen LogP contribution in [0.5, 0.6) is 0 Å². The van der Waals surface area contributed by atoms with Crippen molar-refractivity contribution in [3.63, 3.8) is 0 Å². The molecule has 0 saturated heterocycles. The number of anilines is 3. The Morgan fingerprint density at radius 1 is 0.947 bits per heavy atom. The highest BCUT2D eigenvalue weighted by atomic mass is 16.5. The van der Waals surface area contributed by atoms with Gasteiger partial charge in [-0.2, -0.15) is 5.26 Å². The lowest BCUT2D eigenvalue weighted by molar-refractivity contribution is -0.116. The van der Waals surface area contributed by atoms with Crippen molar-refractivity contribution in [2.75, 3.05) is 16.0 Å². The van der Waals surface area contributed by atoms with E-state index >= 15 is 0 Å². The number of para-hydroxylation sites is 1. The van der Waals surface area contributed by atoms with Gasteiger partial charge >= 0.3 is 5.97 Å². The quantitative estimate of drug-likeness (QED) is 0.278. The Labute approximate surface area is 216 Å². The van der Waals surface area contributed by atoms with E-state index in [1.165, 1.54) is 25.1 Å². The van der Waals surface area contributed by atoms with E-state index in [2.05, 4.69) is 21.1 Å². The number of nitriles is 1. The number of carboxylic acids is 1. The van der Waals surface area contributed by atoms with Crippen molar-refractivity contribution in [2.45, 2.75) is 20.3 Å². The number of carbonyl (C=O) groups excluding carboxylic acids is 3. The third kappa shape index (κ3) is 5.19. The standard InChI is InChI=1S/C27H21N5O6/c1-3-24(34)30-22-12-23-19(11-17(22)16-6-4-5-7-20(16)29-14(2)33)25(32-38-23)26(35)31-21-9-8-15(13-28)10-18(21)27(36)37/h4-12H,3H2,1-2H3,(H,29,33)(H,30,34)(H,31,35)(H,36,37). The Morgan fingerprint density at radius 3 is 2.39 bits per heavy atom. The number of aromatic carboxylic acids is 1. The molecule has 4 aromatic rings. The average molecular weight is 511 g/mol. The number of rotatable bonds is 7. The zero-order chi connectivity index (χ0) is 27.4. The van der Waals surface area contributed by atoms with Gasteiger partial charge in [0.05, 0.1) is 34.0 Å². The molecule has 11 nitrogen and oxygen atoms in total. The Balaban J connectivity index is 1.83. The number of carboxylic acid groups (broad SMARTS) is 1. The van der Waals surface area contributed by atoms with Crippen molar-refractivity contribution in [1.82, 2.24) is 5.16 Å². The molecule has 0 atom stereocenters. The second-order valence-corrected chi connectivity index (χ2v) is 8.19. The van der Waals surface area contributed by atoms with Gasteiger partial charge in [0.15, 0.2) is 11.3 Å². The topological polar surface area (TPSA) is 174 Å². The van der Waals surface area contributed by atoms with E-state index in [-0.39, 0.29) is 51.7 Å². The molecule has 0 fully saturated rings. The van der Waals surface area contributed by atoms with E-state index in [0.29, 0.717) is 22.5 Å². The molecule has 11 heteroatoms. The number of fused-ring (bicyclic) bond motifs is 1. The molecule has 0 aliphatic heterocycles. The van der Waals surface area contributed by atoms with Gasteiger partial charge in [0.1, 0.15) is 0 Å². The largest absolute Gasteiger partial charge is 0.478 e. The molecule has 190 valence electrons. The number of amides is 3. The van der Waals surface area contributed by atoms with Gasteiger partial charge in [-0.1, -0.05) is 30.3 Å². The van der Waals surface area contributed by atoms with E-state index in [4.69, 9.17) is 9.78 Å². The SMILES string of the molecule is CCC(=O)Nc1cc2onc(C(=O)Nc3ccc(C#N)cc3C(=O)O)c2cc1-c1ccccc1NC(C)=O. The van der Waals surface area contributed by atoms with Gasteiger partial charge < -0.3 is 25.6 Å². The van der Waals surface area contributed by atoms with Gasteiger partial charge in [0.25, 0.3) is 5.91 Å². The van der Waals surface area contributed by atoms with Crippen LogP contribution in [0.3, 0.4) is 0 Å². The third-order valence-electron chi connectivity index (χ3n) is 5.58. The lowest BCUT2D eigenvalue weighted by atomic mass is 9.98. The molecule has 0 spiro atoms. The molecule has 38 heavy (non-hydrogen) atoms. The van der Waals surface area contributed by atoms with Crippen LogP contribution in [0.2, 0.25) is 0 Å². The van der Waals surface area contributed by atoms with E-state index in [1.54, 1.807) is 37.3 Å². The van der Waals surface area contributed by atoms with Crippen LogP contribution in [-0.4, -0.2) is 34.0 Å². The number of nitrogens with one attached hydrogen (secondary N) is 3. The van der Waals surface area contributed by atoms with Crippen molar-refractivity contribution in [2.24, 2.45) is 0 Å². The summed E-state index contributed by atoms with van der Waals surface area (Å²) in [6.45, 7) is 3.07. The van der Waals surface area contributed by atoms with Gasteiger partial charge in [-0.05, 0) is 30.3 Å². The Hall–Kier alpha value is -5.50. The minimum absolute atomic E-state index is 0.0271. The van der Waals surface area contributed by atoms with Crippen LogP contribution >= 0.6 is 0 Å². The molecule has 0 aliphatic rings. The monoisotopic (exact) mass is 511 g/mol. The van der Waals surface area contributed by atoms with E-state index in [1.807, 2.05) is 6.07 Å². The molecule has 0 aliphatic carbocycles. The first-order valence-corrected chi connectivity index (χ1v) is 11.4. The van der Waals surface area contributed by atoms with Crippen molar-refractivity contribution >= 4 is 51.7 Å². The van der Waals surface area contributed by atoms with E-state index < -0.39 is 11.9 Å². The van der Waals surface area contributed by atoms with Gasteiger partial charge in [-0.3, -0.25) is 14.4 Å². The summed E-state index contributed by atoms with van der Waals surface area (Å²) in [7, 11) is 0. The van der Waals surface area contributed by atoms with Crippen molar-refractivity contribution in [1.29, 1.82) is 5.26 Å². The molecular formula is C27H21N5O6. The molecule has 1 aromatic heterocycles. The molecule has 4 rings (SSSR count). The van der Waals surface area contributed by atoms with Crippen LogP contribution in [0.25, 0.3) is 22.1 Å².